The van der Waals surface area contributed by atoms with E-state index < -0.39 is 0 Å². The molecule has 0 heterocycles. The molecule has 188 valence electrons. The van der Waals surface area contributed by atoms with Gasteiger partial charge in [-0.2, -0.15) is 0 Å². The van der Waals surface area contributed by atoms with Gasteiger partial charge in [0.1, 0.15) is 12.4 Å². The van der Waals surface area contributed by atoms with Gasteiger partial charge in [-0.25, -0.2) is 0 Å². The van der Waals surface area contributed by atoms with Crippen molar-refractivity contribution < 1.29 is 14.2 Å². The molecule has 0 saturated heterocycles. The molecule has 4 aromatic carbocycles. The minimum atomic E-state index is -0.171. The zero-order chi connectivity index (χ0) is 25.5. The van der Waals surface area contributed by atoms with Gasteiger partial charge in [0.25, 0.3) is 0 Å². The van der Waals surface area contributed by atoms with Crippen LogP contribution < -0.4 is 4.74 Å². The molecule has 0 aliphatic heterocycles. The monoisotopic (exact) mass is 490 g/mol. The molecule has 0 fully saturated rings. The molecule has 0 amide bonds. The summed E-state index contributed by atoms with van der Waals surface area (Å²) in [4.78, 5) is 0. The van der Waals surface area contributed by atoms with Crippen LogP contribution in [0.15, 0.2) is 103 Å². The fourth-order valence-electron chi connectivity index (χ4n) is 5.11. The number of fused-ring (bicyclic) bond motifs is 1. The molecule has 37 heavy (non-hydrogen) atoms. The predicted molar refractivity (Wildman–Crippen MR) is 150 cm³/mol. The maximum atomic E-state index is 6.15. The van der Waals surface area contributed by atoms with Gasteiger partial charge in [0.2, 0.25) is 0 Å². The van der Waals surface area contributed by atoms with Crippen molar-refractivity contribution in [1.82, 2.24) is 0 Å². The van der Waals surface area contributed by atoms with Crippen LogP contribution >= 0.6 is 0 Å². The second-order valence-electron chi connectivity index (χ2n) is 9.45. The summed E-state index contributed by atoms with van der Waals surface area (Å²) < 4.78 is 16.9. The van der Waals surface area contributed by atoms with Crippen molar-refractivity contribution in [2.24, 2.45) is 0 Å². The van der Waals surface area contributed by atoms with E-state index in [0.29, 0.717) is 6.61 Å². The zero-order valence-electron chi connectivity index (χ0n) is 21.7. The molecule has 5 rings (SSSR count). The number of methoxy groups -OCH3 is 2. The predicted octanol–water partition coefficient (Wildman–Crippen LogP) is 7.72. The lowest BCUT2D eigenvalue weighted by atomic mass is 9.79. The van der Waals surface area contributed by atoms with Crippen molar-refractivity contribution in [3.8, 4) is 5.75 Å². The molecular weight excluding hydrogens is 456 g/mol. The average molecular weight is 491 g/mol. The summed E-state index contributed by atoms with van der Waals surface area (Å²) in [5.41, 5.74) is 10.4. The molecule has 0 radical (unpaired) electrons. The second kappa shape index (κ2) is 12.1. The van der Waals surface area contributed by atoms with Gasteiger partial charge in [0.15, 0.2) is 6.29 Å². The number of ether oxygens (including phenoxy) is 3. The van der Waals surface area contributed by atoms with Crippen LogP contribution in [0.1, 0.15) is 46.2 Å². The van der Waals surface area contributed by atoms with Gasteiger partial charge in [-0.15, -0.1) is 0 Å². The SMILES string of the molecule is COC(CCc1ccc(C2=C(c3ccccc3)CCc3cc(OCc4ccccc4)ccc32)cc1)OC. The first-order valence-electron chi connectivity index (χ1n) is 13.0. The molecule has 3 nitrogen and oxygen atoms in total. The van der Waals surface area contributed by atoms with Gasteiger partial charge in [-0.05, 0) is 75.9 Å². The van der Waals surface area contributed by atoms with Crippen LogP contribution in [0.25, 0.3) is 11.1 Å². The van der Waals surface area contributed by atoms with Crippen molar-refractivity contribution >= 4 is 11.1 Å². The first-order chi connectivity index (χ1) is 18.2. The fraction of sp³-hybridized carbons (Fsp3) is 0.235. The van der Waals surface area contributed by atoms with Crippen LogP contribution in [-0.4, -0.2) is 20.5 Å². The summed E-state index contributed by atoms with van der Waals surface area (Å²) in [7, 11) is 3.38. The normalized spacial score (nSPS) is 13.1. The molecule has 3 heteroatoms. The van der Waals surface area contributed by atoms with E-state index in [9.17, 15) is 0 Å². The quantitative estimate of drug-likeness (QED) is 0.213. The van der Waals surface area contributed by atoms with Crippen LogP contribution in [-0.2, 0) is 28.9 Å². The Morgan fingerprint density at radius 3 is 2.08 bits per heavy atom. The highest BCUT2D eigenvalue weighted by Gasteiger charge is 2.22. The molecule has 0 N–H and O–H groups in total. The van der Waals surface area contributed by atoms with Gasteiger partial charge in [0, 0.05) is 20.6 Å². The fourth-order valence-corrected chi connectivity index (χ4v) is 5.11. The topological polar surface area (TPSA) is 27.7 Å². The van der Waals surface area contributed by atoms with Crippen molar-refractivity contribution in [1.29, 1.82) is 0 Å². The van der Waals surface area contributed by atoms with Gasteiger partial charge in [-0.1, -0.05) is 91.0 Å². The molecule has 0 saturated carbocycles. The summed E-state index contributed by atoms with van der Waals surface area (Å²) in [6.45, 7) is 0.575. The Morgan fingerprint density at radius 1 is 0.676 bits per heavy atom. The molecule has 1 aliphatic carbocycles. The highest BCUT2D eigenvalue weighted by molar-refractivity contribution is 6.00. The van der Waals surface area contributed by atoms with E-state index in [0.717, 1.165) is 31.4 Å². The molecule has 1 aliphatic rings. The Hall–Kier alpha value is -3.66. The molecular formula is C34H34O3. The van der Waals surface area contributed by atoms with Gasteiger partial charge < -0.3 is 14.2 Å². The van der Waals surface area contributed by atoms with E-state index in [-0.39, 0.29) is 6.29 Å². The lowest BCUT2D eigenvalue weighted by molar-refractivity contribution is -0.105. The maximum absolute atomic E-state index is 6.15. The molecule has 0 aromatic heterocycles. The Kier molecular flexibility index (Phi) is 8.15. The smallest absolute Gasteiger partial charge is 0.157 e. The highest BCUT2D eigenvalue weighted by Crippen LogP contribution is 2.42. The van der Waals surface area contributed by atoms with E-state index in [1.807, 2.05) is 18.2 Å². The van der Waals surface area contributed by atoms with E-state index in [1.165, 1.54) is 44.5 Å². The maximum Gasteiger partial charge on any atom is 0.157 e. The van der Waals surface area contributed by atoms with Crippen LogP contribution in [0.3, 0.4) is 0 Å². The summed E-state index contributed by atoms with van der Waals surface area (Å²) in [6.07, 6.45) is 3.57. The van der Waals surface area contributed by atoms with Gasteiger partial charge >= 0.3 is 0 Å². The van der Waals surface area contributed by atoms with Gasteiger partial charge in [0.05, 0.1) is 0 Å². The number of benzene rings is 4. The minimum absolute atomic E-state index is 0.171. The first kappa shape index (κ1) is 25.0. The van der Waals surface area contributed by atoms with Crippen LogP contribution in [0.2, 0.25) is 0 Å². The summed E-state index contributed by atoms with van der Waals surface area (Å²) in [6, 6.07) is 36.7. The Bertz CT molecular complexity index is 1320. The number of allylic oxidation sites excluding steroid dienone is 1. The minimum Gasteiger partial charge on any atom is -0.489 e. The first-order valence-corrected chi connectivity index (χ1v) is 13.0. The number of rotatable bonds is 10. The Morgan fingerprint density at radius 2 is 1.38 bits per heavy atom. The van der Waals surface area contributed by atoms with E-state index >= 15 is 0 Å². The average Bonchev–Trinajstić information content (AvgIpc) is 2.97. The van der Waals surface area contributed by atoms with Crippen LogP contribution in [0.4, 0.5) is 0 Å². The standard InChI is InChI=1S/C34H34O3/c1-35-33(36-2)22-15-25-13-16-28(17-14-25)34-31(27-11-7-4-8-12-27)20-18-29-23-30(19-21-32(29)34)37-24-26-9-5-3-6-10-26/h3-14,16-17,19,21,23,33H,15,18,20,22,24H2,1-2H3. The van der Waals surface area contributed by atoms with E-state index in [1.54, 1.807) is 14.2 Å². The number of aryl methyl sites for hydroxylation is 2. The van der Waals surface area contributed by atoms with Gasteiger partial charge in [-0.3, -0.25) is 0 Å². The Balaban J connectivity index is 1.45. The zero-order valence-corrected chi connectivity index (χ0v) is 21.7. The van der Waals surface area contributed by atoms with E-state index in [2.05, 4.69) is 84.9 Å². The lowest BCUT2D eigenvalue weighted by Gasteiger charge is -2.25. The third-order valence-electron chi connectivity index (χ3n) is 7.10. The van der Waals surface area contributed by atoms with Crippen LogP contribution in [0, 0.1) is 0 Å². The van der Waals surface area contributed by atoms with Crippen molar-refractivity contribution in [2.45, 2.75) is 38.6 Å². The molecule has 4 aromatic rings. The van der Waals surface area contributed by atoms with Crippen molar-refractivity contribution in [3.05, 3.63) is 137 Å². The van der Waals surface area contributed by atoms with E-state index in [4.69, 9.17) is 14.2 Å². The summed E-state index contributed by atoms with van der Waals surface area (Å²) in [5, 5.41) is 0. The number of hydrogen-bond donors (Lipinski definition) is 0. The van der Waals surface area contributed by atoms with Crippen molar-refractivity contribution in [2.75, 3.05) is 14.2 Å². The highest BCUT2D eigenvalue weighted by atomic mass is 16.7. The largest absolute Gasteiger partial charge is 0.489 e. The van der Waals surface area contributed by atoms with Crippen molar-refractivity contribution in [3.63, 3.8) is 0 Å². The summed E-state index contributed by atoms with van der Waals surface area (Å²) in [5.74, 6) is 0.923. The van der Waals surface area contributed by atoms with Crippen LogP contribution in [0.5, 0.6) is 5.75 Å². The molecule has 0 atom stereocenters. The molecule has 0 bridgehead atoms. The Labute approximate surface area is 220 Å². The third-order valence-corrected chi connectivity index (χ3v) is 7.10. The molecule has 0 spiro atoms. The summed E-state index contributed by atoms with van der Waals surface area (Å²) >= 11 is 0. The number of hydrogen-bond acceptors (Lipinski definition) is 3. The second-order valence-corrected chi connectivity index (χ2v) is 9.45. The molecule has 0 unspecified atom stereocenters. The third kappa shape index (κ3) is 6.02. The lowest BCUT2D eigenvalue weighted by Crippen LogP contribution is -2.13.